The van der Waals surface area contributed by atoms with E-state index in [-0.39, 0.29) is 0 Å². The first-order chi connectivity index (χ1) is 7.63. The third-order valence-electron chi connectivity index (χ3n) is 2.11. The standard InChI is InChI=1S/C12H14N2OS/c1-8-4-12(5-9(2)13-8)15-6-11-7-16-10(3)14-11/h4-5,7H,6H2,1-3H3. The Morgan fingerprint density at radius 3 is 2.38 bits per heavy atom. The minimum atomic E-state index is 0.521. The van der Waals surface area contributed by atoms with E-state index in [4.69, 9.17) is 4.74 Å². The van der Waals surface area contributed by atoms with Gasteiger partial charge in [-0.05, 0) is 20.8 Å². The highest BCUT2D eigenvalue weighted by atomic mass is 32.1. The Labute approximate surface area is 99.1 Å². The number of aryl methyl sites for hydroxylation is 3. The van der Waals surface area contributed by atoms with Crippen molar-refractivity contribution >= 4 is 11.3 Å². The highest BCUT2D eigenvalue weighted by Gasteiger charge is 2.01. The van der Waals surface area contributed by atoms with Gasteiger partial charge in [-0.3, -0.25) is 4.98 Å². The number of aromatic nitrogens is 2. The van der Waals surface area contributed by atoms with Crippen molar-refractivity contribution in [2.24, 2.45) is 0 Å². The maximum Gasteiger partial charge on any atom is 0.131 e. The van der Waals surface area contributed by atoms with Crippen molar-refractivity contribution in [3.8, 4) is 5.75 Å². The van der Waals surface area contributed by atoms with Gasteiger partial charge in [-0.15, -0.1) is 11.3 Å². The molecule has 2 heterocycles. The van der Waals surface area contributed by atoms with Gasteiger partial charge in [0, 0.05) is 28.9 Å². The van der Waals surface area contributed by atoms with Gasteiger partial charge in [0.15, 0.2) is 0 Å². The molecule has 0 aliphatic heterocycles. The van der Waals surface area contributed by atoms with E-state index in [1.54, 1.807) is 11.3 Å². The van der Waals surface area contributed by atoms with E-state index in [1.807, 2.05) is 38.3 Å². The van der Waals surface area contributed by atoms with Crippen LogP contribution in [0, 0.1) is 20.8 Å². The van der Waals surface area contributed by atoms with E-state index in [9.17, 15) is 0 Å². The van der Waals surface area contributed by atoms with E-state index in [0.717, 1.165) is 27.8 Å². The molecule has 2 aromatic heterocycles. The van der Waals surface area contributed by atoms with Gasteiger partial charge in [-0.2, -0.15) is 0 Å². The normalized spacial score (nSPS) is 10.4. The van der Waals surface area contributed by atoms with E-state index >= 15 is 0 Å². The number of ether oxygens (including phenoxy) is 1. The fourth-order valence-corrected chi connectivity index (χ4v) is 2.11. The van der Waals surface area contributed by atoms with Crippen molar-refractivity contribution in [2.45, 2.75) is 27.4 Å². The zero-order valence-corrected chi connectivity index (χ0v) is 10.5. The quantitative estimate of drug-likeness (QED) is 0.818. The SMILES string of the molecule is Cc1cc(OCc2csc(C)n2)cc(C)n1. The molecule has 0 fully saturated rings. The second-order valence-electron chi connectivity index (χ2n) is 3.73. The number of pyridine rings is 1. The fourth-order valence-electron chi connectivity index (χ4n) is 1.51. The summed E-state index contributed by atoms with van der Waals surface area (Å²) in [5.74, 6) is 0.857. The van der Waals surface area contributed by atoms with Crippen molar-refractivity contribution in [3.05, 3.63) is 39.6 Å². The highest BCUT2D eigenvalue weighted by molar-refractivity contribution is 7.09. The average Bonchev–Trinajstić information content (AvgIpc) is 2.60. The van der Waals surface area contributed by atoms with Crippen LogP contribution in [0.2, 0.25) is 0 Å². The molecule has 0 saturated carbocycles. The lowest BCUT2D eigenvalue weighted by Crippen LogP contribution is -1.97. The molecule has 0 aliphatic rings. The summed E-state index contributed by atoms with van der Waals surface area (Å²) in [6, 6.07) is 3.87. The Kier molecular flexibility index (Phi) is 3.19. The molecule has 3 nitrogen and oxygen atoms in total. The van der Waals surface area contributed by atoms with Crippen LogP contribution in [0.15, 0.2) is 17.5 Å². The molecule has 16 heavy (non-hydrogen) atoms. The molecule has 0 aromatic carbocycles. The van der Waals surface area contributed by atoms with Crippen LogP contribution in [-0.4, -0.2) is 9.97 Å². The van der Waals surface area contributed by atoms with Gasteiger partial charge in [-0.25, -0.2) is 4.98 Å². The summed E-state index contributed by atoms with van der Waals surface area (Å²) in [5.41, 5.74) is 2.93. The molecule has 0 saturated heterocycles. The number of nitrogens with zero attached hydrogens (tertiary/aromatic N) is 2. The van der Waals surface area contributed by atoms with Crippen molar-refractivity contribution < 1.29 is 4.74 Å². The number of hydrogen-bond donors (Lipinski definition) is 0. The molecular formula is C12H14N2OS. The summed E-state index contributed by atoms with van der Waals surface area (Å²) in [5, 5.41) is 3.09. The lowest BCUT2D eigenvalue weighted by Gasteiger charge is -2.05. The van der Waals surface area contributed by atoms with Crippen LogP contribution in [0.25, 0.3) is 0 Å². The second-order valence-corrected chi connectivity index (χ2v) is 4.79. The number of thiazole rings is 1. The van der Waals surface area contributed by atoms with Gasteiger partial charge in [0.2, 0.25) is 0 Å². The maximum absolute atomic E-state index is 5.67. The Morgan fingerprint density at radius 1 is 1.12 bits per heavy atom. The van der Waals surface area contributed by atoms with Gasteiger partial charge in [0.25, 0.3) is 0 Å². The lowest BCUT2D eigenvalue weighted by molar-refractivity contribution is 0.301. The Balaban J connectivity index is 2.04. The van der Waals surface area contributed by atoms with Crippen molar-refractivity contribution in [1.82, 2.24) is 9.97 Å². The molecule has 0 amide bonds. The van der Waals surface area contributed by atoms with Crippen molar-refractivity contribution in [1.29, 1.82) is 0 Å². The van der Waals surface area contributed by atoms with Crippen LogP contribution in [-0.2, 0) is 6.61 Å². The first-order valence-corrected chi connectivity index (χ1v) is 6.00. The fraction of sp³-hybridized carbons (Fsp3) is 0.333. The summed E-state index contributed by atoms with van der Waals surface area (Å²) in [6.07, 6.45) is 0. The Morgan fingerprint density at radius 2 is 1.81 bits per heavy atom. The topological polar surface area (TPSA) is 35.0 Å². The van der Waals surface area contributed by atoms with Crippen LogP contribution in [0.3, 0.4) is 0 Å². The van der Waals surface area contributed by atoms with Gasteiger partial charge >= 0.3 is 0 Å². The molecule has 4 heteroatoms. The molecule has 0 radical (unpaired) electrons. The van der Waals surface area contributed by atoms with Crippen LogP contribution in [0.5, 0.6) is 5.75 Å². The van der Waals surface area contributed by atoms with Gasteiger partial charge in [0.1, 0.15) is 12.4 Å². The molecule has 0 spiro atoms. The van der Waals surface area contributed by atoms with E-state index in [1.165, 1.54) is 0 Å². The molecule has 0 atom stereocenters. The summed E-state index contributed by atoms with van der Waals surface area (Å²) >= 11 is 1.64. The first kappa shape index (κ1) is 11.1. The molecule has 0 aliphatic carbocycles. The summed E-state index contributed by atoms with van der Waals surface area (Å²) in [6.45, 7) is 6.45. The van der Waals surface area contributed by atoms with E-state index in [2.05, 4.69) is 9.97 Å². The van der Waals surface area contributed by atoms with Crippen LogP contribution in [0.1, 0.15) is 22.1 Å². The second kappa shape index (κ2) is 4.61. The van der Waals surface area contributed by atoms with Gasteiger partial charge < -0.3 is 4.74 Å². The van der Waals surface area contributed by atoms with Crippen LogP contribution >= 0.6 is 11.3 Å². The summed E-state index contributed by atoms with van der Waals surface area (Å²) in [4.78, 5) is 8.65. The van der Waals surface area contributed by atoms with Crippen molar-refractivity contribution in [2.75, 3.05) is 0 Å². The van der Waals surface area contributed by atoms with E-state index in [0.29, 0.717) is 6.61 Å². The third kappa shape index (κ3) is 2.79. The third-order valence-corrected chi connectivity index (χ3v) is 2.93. The van der Waals surface area contributed by atoms with E-state index < -0.39 is 0 Å². The smallest absolute Gasteiger partial charge is 0.131 e. The monoisotopic (exact) mass is 234 g/mol. The minimum Gasteiger partial charge on any atom is -0.487 e. The Hall–Kier alpha value is -1.42. The molecule has 2 rings (SSSR count). The predicted molar refractivity (Wildman–Crippen MR) is 64.9 cm³/mol. The van der Waals surface area contributed by atoms with Crippen molar-refractivity contribution in [3.63, 3.8) is 0 Å². The summed E-state index contributed by atoms with van der Waals surface area (Å²) in [7, 11) is 0. The van der Waals surface area contributed by atoms with Gasteiger partial charge in [-0.1, -0.05) is 0 Å². The maximum atomic E-state index is 5.67. The number of hydrogen-bond acceptors (Lipinski definition) is 4. The summed E-state index contributed by atoms with van der Waals surface area (Å²) < 4.78 is 5.67. The molecule has 0 unspecified atom stereocenters. The molecule has 84 valence electrons. The molecular weight excluding hydrogens is 220 g/mol. The van der Waals surface area contributed by atoms with Gasteiger partial charge in [0.05, 0.1) is 10.7 Å². The van der Waals surface area contributed by atoms with Crippen LogP contribution < -0.4 is 4.74 Å². The number of rotatable bonds is 3. The predicted octanol–water partition coefficient (Wildman–Crippen LogP) is 3.04. The van der Waals surface area contributed by atoms with Crippen LogP contribution in [0.4, 0.5) is 0 Å². The lowest BCUT2D eigenvalue weighted by atomic mass is 10.3. The molecule has 2 aromatic rings. The largest absolute Gasteiger partial charge is 0.487 e. The molecule has 0 N–H and O–H groups in total. The average molecular weight is 234 g/mol. The Bertz CT molecular complexity index is 473. The highest BCUT2D eigenvalue weighted by Crippen LogP contribution is 2.16. The zero-order chi connectivity index (χ0) is 11.5. The zero-order valence-electron chi connectivity index (χ0n) is 9.65. The first-order valence-electron chi connectivity index (χ1n) is 5.12. The minimum absolute atomic E-state index is 0.521. The molecule has 0 bridgehead atoms.